The molecule has 1 aromatic rings. The van der Waals surface area contributed by atoms with Gasteiger partial charge < -0.3 is 10.4 Å². The van der Waals surface area contributed by atoms with Crippen LogP contribution in [0.3, 0.4) is 0 Å². The third-order valence-corrected chi connectivity index (χ3v) is 4.38. The number of thiazole rings is 1. The quantitative estimate of drug-likeness (QED) is 0.770. The van der Waals surface area contributed by atoms with Crippen molar-refractivity contribution in [3.8, 4) is 0 Å². The summed E-state index contributed by atoms with van der Waals surface area (Å²) < 4.78 is 1.06. The lowest BCUT2D eigenvalue weighted by Crippen LogP contribution is -2.19. The highest BCUT2D eigenvalue weighted by Crippen LogP contribution is 2.29. The molecule has 0 spiro atoms. The second-order valence-electron chi connectivity index (χ2n) is 3.14. The van der Waals surface area contributed by atoms with Crippen molar-refractivity contribution in [1.82, 2.24) is 10.3 Å². The van der Waals surface area contributed by atoms with Gasteiger partial charge in [0, 0.05) is 24.2 Å². The van der Waals surface area contributed by atoms with E-state index in [1.807, 2.05) is 12.3 Å². The Bertz CT molecular complexity index is 289. The summed E-state index contributed by atoms with van der Waals surface area (Å²) in [5.74, 6) is 0. The first-order valence-electron chi connectivity index (χ1n) is 4.23. The van der Waals surface area contributed by atoms with Crippen LogP contribution < -0.4 is 5.32 Å². The van der Waals surface area contributed by atoms with Crippen LogP contribution in [0.15, 0.2) is 9.72 Å². The number of rotatable bonds is 2. The van der Waals surface area contributed by atoms with Crippen LogP contribution in [0.1, 0.15) is 5.69 Å². The van der Waals surface area contributed by atoms with E-state index >= 15 is 0 Å². The van der Waals surface area contributed by atoms with E-state index in [0.717, 1.165) is 16.6 Å². The second-order valence-corrected chi connectivity index (χ2v) is 5.48. The first-order chi connectivity index (χ1) is 6.25. The van der Waals surface area contributed by atoms with Crippen molar-refractivity contribution in [3.05, 3.63) is 11.1 Å². The highest BCUT2D eigenvalue weighted by atomic mass is 32.2. The van der Waals surface area contributed by atoms with Gasteiger partial charge in [0.05, 0.1) is 11.4 Å². The van der Waals surface area contributed by atoms with Gasteiger partial charge in [0.2, 0.25) is 0 Å². The summed E-state index contributed by atoms with van der Waals surface area (Å²) in [6, 6.07) is 0. The monoisotopic (exact) mass is 216 g/mol. The van der Waals surface area contributed by atoms with Gasteiger partial charge in [0.1, 0.15) is 0 Å². The molecular formula is C8H12N2OS2. The maximum Gasteiger partial charge on any atom is 0.150 e. The average Bonchev–Trinajstić information content (AvgIpc) is 2.64. The third kappa shape index (κ3) is 2.22. The Morgan fingerprint density at radius 1 is 1.69 bits per heavy atom. The molecule has 2 N–H and O–H groups in total. The lowest BCUT2D eigenvalue weighted by atomic mass is 10.3. The third-order valence-electron chi connectivity index (χ3n) is 1.98. The minimum atomic E-state index is -0.228. The number of aliphatic hydroxyl groups excluding tert-OH is 1. The van der Waals surface area contributed by atoms with Crippen LogP contribution in [0.2, 0.25) is 0 Å². The van der Waals surface area contributed by atoms with Crippen LogP contribution in [0.5, 0.6) is 0 Å². The van der Waals surface area contributed by atoms with Crippen LogP contribution in [0.4, 0.5) is 0 Å². The van der Waals surface area contributed by atoms with Crippen LogP contribution in [-0.2, 0) is 0 Å². The van der Waals surface area contributed by atoms with Gasteiger partial charge in [0.25, 0.3) is 0 Å². The molecule has 0 radical (unpaired) electrons. The summed E-state index contributed by atoms with van der Waals surface area (Å²) in [4.78, 5) is 4.35. The molecule has 72 valence electrons. The molecule has 5 heteroatoms. The number of hydrogen-bond donors (Lipinski definition) is 2. The summed E-state index contributed by atoms with van der Waals surface area (Å²) in [5.41, 5.74) is 1.06. The number of aromatic nitrogens is 1. The largest absolute Gasteiger partial charge is 0.391 e. The fourth-order valence-electron chi connectivity index (χ4n) is 1.28. The summed E-state index contributed by atoms with van der Waals surface area (Å²) >= 11 is 3.33. The van der Waals surface area contributed by atoms with Gasteiger partial charge >= 0.3 is 0 Å². The van der Waals surface area contributed by atoms with Crippen molar-refractivity contribution in [1.29, 1.82) is 0 Å². The molecule has 13 heavy (non-hydrogen) atoms. The Morgan fingerprint density at radius 2 is 2.54 bits per heavy atom. The van der Waals surface area contributed by atoms with E-state index < -0.39 is 0 Å². The van der Waals surface area contributed by atoms with Crippen molar-refractivity contribution in [2.75, 3.05) is 13.1 Å². The molecule has 3 nitrogen and oxygen atoms in total. The molecule has 1 aliphatic rings. The number of hydrogen-bond acceptors (Lipinski definition) is 5. The molecule has 2 unspecified atom stereocenters. The minimum absolute atomic E-state index is 0.228. The van der Waals surface area contributed by atoms with Crippen molar-refractivity contribution in [3.63, 3.8) is 0 Å². The Kier molecular flexibility index (Phi) is 2.88. The highest BCUT2D eigenvalue weighted by molar-refractivity contribution is 8.01. The van der Waals surface area contributed by atoms with Gasteiger partial charge in [-0.15, -0.1) is 11.3 Å². The van der Waals surface area contributed by atoms with Gasteiger partial charge in [0.15, 0.2) is 4.34 Å². The summed E-state index contributed by atoms with van der Waals surface area (Å²) in [6.45, 7) is 3.58. The van der Waals surface area contributed by atoms with E-state index in [0.29, 0.717) is 6.54 Å². The van der Waals surface area contributed by atoms with E-state index in [9.17, 15) is 5.11 Å². The van der Waals surface area contributed by atoms with Crippen LogP contribution in [0.25, 0.3) is 0 Å². The topological polar surface area (TPSA) is 45.1 Å². The summed E-state index contributed by atoms with van der Waals surface area (Å²) in [6.07, 6.45) is -0.228. The van der Waals surface area contributed by atoms with Crippen LogP contribution >= 0.6 is 23.1 Å². The summed E-state index contributed by atoms with van der Waals surface area (Å²) in [5, 5.41) is 15.0. The Hall–Kier alpha value is -0.100. The number of thioether (sulfide) groups is 1. The van der Waals surface area contributed by atoms with Gasteiger partial charge in [-0.2, -0.15) is 0 Å². The molecule has 0 bridgehead atoms. The molecular weight excluding hydrogens is 204 g/mol. The SMILES string of the molecule is Cc1csc(SC2CNCC2O)n1. The lowest BCUT2D eigenvalue weighted by molar-refractivity contribution is 0.201. The Labute approximate surface area is 85.6 Å². The van der Waals surface area contributed by atoms with E-state index in [4.69, 9.17) is 0 Å². The maximum absolute atomic E-state index is 9.55. The van der Waals surface area contributed by atoms with E-state index in [1.54, 1.807) is 23.1 Å². The Balaban J connectivity index is 1.97. The van der Waals surface area contributed by atoms with Gasteiger partial charge in [-0.1, -0.05) is 11.8 Å². The van der Waals surface area contributed by atoms with E-state index in [-0.39, 0.29) is 11.4 Å². The zero-order chi connectivity index (χ0) is 9.26. The molecule has 2 atom stereocenters. The van der Waals surface area contributed by atoms with Gasteiger partial charge in [-0.25, -0.2) is 4.98 Å². The fraction of sp³-hybridized carbons (Fsp3) is 0.625. The number of aliphatic hydroxyl groups is 1. The molecule has 0 aromatic carbocycles. The lowest BCUT2D eigenvalue weighted by Gasteiger charge is -2.09. The minimum Gasteiger partial charge on any atom is -0.391 e. The molecule has 0 aliphatic carbocycles. The Morgan fingerprint density at radius 3 is 3.08 bits per heavy atom. The standard InChI is InChI=1S/C8H12N2OS2/c1-5-4-12-8(10-5)13-7-3-9-2-6(7)11/h4,6-7,9,11H,2-3H2,1H3. The second kappa shape index (κ2) is 3.96. The molecule has 2 rings (SSSR count). The average molecular weight is 216 g/mol. The van der Waals surface area contributed by atoms with Crippen molar-refractivity contribution < 1.29 is 5.11 Å². The predicted molar refractivity (Wildman–Crippen MR) is 55.4 cm³/mol. The maximum atomic E-state index is 9.55. The molecule has 1 aromatic heterocycles. The fourth-order valence-corrected chi connectivity index (χ4v) is 3.45. The normalized spacial score (nSPS) is 28.2. The van der Waals surface area contributed by atoms with E-state index in [2.05, 4.69) is 10.3 Å². The molecule has 0 saturated carbocycles. The molecule has 1 saturated heterocycles. The zero-order valence-electron chi connectivity index (χ0n) is 7.36. The zero-order valence-corrected chi connectivity index (χ0v) is 8.99. The highest BCUT2D eigenvalue weighted by Gasteiger charge is 2.26. The number of β-amino-alcohol motifs (C(OH)–C–C–N with tert-alkyl or cyclic N) is 1. The van der Waals surface area contributed by atoms with Crippen LogP contribution in [-0.4, -0.2) is 34.5 Å². The van der Waals surface area contributed by atoms with Crippen LogP contribution in [0, 0.1) is 6.92 Å². The summed E-state index contributed by atoms with van der Waals surface area (Å²) in [7, 11) is 0. The molecule has 0 amide bonds. The molecule has 1 fully saturated rings. The van der Waals surface area contributed by atoms with E-state index in [1.165, 1.54) is 0 Å². The van der Waals surface area contributed by atoms with Gasteiger partial charge in [-0.3, -0.25) is 0 Å². The number of nitrogens with one attached hydrogen (secondary N) is 1. The number of aryl methyl sites for hydroxylation is 1. The van der Waals surface area contributed by atoms with Gasteiger partial charge in [-0.05, 0) is 6.92 Å². The molecule has 2 heterocycles. The van der Waals surface area contributed by atoms with Crippen molar-refractivity contribution >= 4 is 23.1 Å². The van der Waals surface area contributed by atoms with Crippen molar-refractivity contribution in [2.24, 2.45) is 0 Å². The molecule has 1 aliphatic heterocycles. The first kappa shape index (κ1) is 9.45. The van der Waals surface area contributed by atoms with Crippen molar-refractivity contribution in [2.45, 2.75) is 22.6 Å². The smallest absolute Gasteiger partial charge is 0.150 e. The first-order valence-corrected chi connectivity index (χ1v) is 5.99. The number of nitrogens with zero attached hydrogens (tertiary/aromatic N) is 1. The predicted octanol–water partition coefficient (Wildman–Crippen LogP) is 0.876.